The Kier molecular flexibility index (Phi) is 6.94. The van der Waals surface area contributed by atoms with Crippen LogP contribution in [-0.4, -0.2) is 42.1 Å². The molecule has 1 aromatic heterocycles. The lowest BCUT2D eigenvalue weighted by Gasteiger charge is -2.28. The number of amides is 1. The van der Waals surface area contributed by atoms with Gasteiger partial charge in [-0.15, -0.1) is 0 Å². The first-order chi connectivity index (χ1) is 13.6. The fourth-order valence-corrected chi connectivity index (χ4v) is 3.02. The average Bonchev–Trinajstić information content (AvgIpc) is 2.71. The molecule has 2 heterocycles. The van der Waals surface area contributed by atoms with Gasteiger partial charge in [0.1, 0.15) is 24.1 Å². The molecule has 148 valence electrons. The highest BCUT2D eigenvalue weighted by Crippen LogP contribution is 2.21. The SMILES string of the molecule is Cc1nc(OCCNC(=O)/C=C/c2ccc(F)cc2)cc(N2CCCCC2)n1. The van der Waals surface area contributed by atoms with E-state index >= 15 is 0 Å². The fourth-order valence-electron chi connectivity index (χ4n) is 3.02. The van der Waals surface area contributed by atoms with Crippen LogP contribution in [-0.2, 0) is 4.79 Å². The van der Waals surface area contributed by atoms with Gasteiger partial charge in [-0.2, -0.15) is 4.98 Å². The summed E-state index contributed by atoms with van der Waals surface area (Å²) in [6.45, 7) is 4.53. The molecule has 0 aliphatic carbocycles. The Bertz CT molecular complexity index is 818. The number of rotatable bonds is 7. The standard InChI is InChI=1S/C21H25FN4O2/c1-16-24-19(26-12-3-2-4-13-26)15-21(25-16)28-14-11-23-20(27)10-7-17-5-8-18(22)9-6-17/h5-10,15H,2-4,11-14H2,1H3,(H,23,27)/b10-7+. The Morgan fingerprint density at radius 2 is 1.96 bits per heavy atom. The van der Waals surface area contributed by atoms with Gasteiger partial charge in [-0.25, -0.2) is 9.37 Å². The number of ether oxygens (including phenoxy) is 1. The van der Waals surface area contributed by atoms with Gasteiger partial charge in [0, 0.05) is 25.2 Å². The van der Waals surface area contributed by atoms with Gasteiger partial charge >= 0.3 is 0 Å². The number of aromatic nitrogens is 2. The van der Waals surface area contributed by atoms with Crippen LogP contribution in [0.5, 0.6) is 5.88 Å². The number of benzene rings is 1. The maximum absolute atomic E-state index is 12.9. The third-order valence-corrected chi connectivity index (χ3v) is 4.43. The molecule has 0 radical (unpaired) electrons. The lowest BCUT2D eigenvalue weighted by atomic mass is 10.1. The van der Waals surface area contributed by atoms with Crippen LogP contribution in [0.25, 0.3) is 6.08 Å². The highest BCUT2D eigenvalue weighted by Gasteiger charge is 2.14. The van der Waals surface area contributed by atoms with Crippen molar-refractivity contribution in [2.24, 2.45) is 0 Å². The van der Waals surface area contributed by atoms with Crippen LogP contribution in [0.3, 0.4) is 0 Å². The van der Waals surface area contributed by atoms with Gasteiger partial charge in [-0.05, 0) is 50.0 Å². The zero-order valence-corrected chi connectivity index (χ0v) is 16.0. The van der Waals surface area contributed by atoms with Crippen LogP contribution in [0.1, 0.15) is 30.7 Å². The first-order valence-corrected chi connectivity index (χ1v) is 9.55. The molecular weight excluding hydrogens is 359 g/mol. The number of piperidine rings is 1. The zero-order chi connectivity index (χ0) is 19.8. The van der Waals surface area contributed by atoms with Crippen molar-refractivity contribution >= 4 is 17.8 Å². The van der Waals surface area contributed by atoms with Crippen LogP contribution in [0.15, 0.2) is 36.4 Å². The third-order valence-electron chi connectivity index (χ3n) is 4.43. The number of hydrogen-bond acceptors (Lipinski definition) is 5. The maximum Gasteiger partial charge on any atom is 0.244 e. The molecule has 0 spiro atoms. The molecular formula is C21H25FN4O2. The van der Waals surface area contributed by atoms with Gasteiger partial charge < -0.3 is 15.0 Å². The Hall–Kier alpha value is -2.96. The number of carbonyl (C=O) groups is 1. The highest BCUT2D eigenvalue weighted by atomic mass is 19.1. The van der Waals surface area contributed by atoms with E-state index < -0.39 is 0 Å². The van der Waals surface area contributed by atoms with Gasteiger partial charge in [-0.3, -0.25) is 4.79 Å². The Morgan fingerprint density at radius 1 is 1.21 bits per heavy atom. The molecule has 2 aromatic rings. The molecule has 0 bridgehead atoms. The second-order valence-corrected chi connectivity index (χ2v) is 6.68. The van der Waals surface area contributed by atoms with Crippen molar-refractivity contribution < 1.29 is 13.9 Å². The number of aryl methyl sites for hydroxylation is 1. The summed E-state index contributed by atoms with van der Waals surface area (Å²) in [5, 5.41) is 2.75. The predicted molar refractivity (Wildman–Crippen MR) is 107 cm³/mol. The largest absolute Gasteiger partial charge is 0.476 e. The highest BCUT2D eigenvalue weighted by molar-refractivity contribution is 5.91. The molecule has 3 rings (SSSR count). The Labute approximate surface area is 164 Å². The van der Waals surface area contributed by atoms with Crippen molar-refractivity contribution in [3.8, 4) is 5.88 Å². The summed E-state index contributed by atoms with van der Waals surface area (Å²) in [5.74, 6) is 1.55. The third kappa shape index (κ3) is 6.04. The van der Waals surface area contributed by atoms with Crippen LogP contribution in [0, 0.1) is 12.7 Å². The summed E-state index contributed by atoms with van der Waals surface area (Å²) in [6, 6.07) is 7.79. The van der Waals surface area contributed by atoms with E-state index in [4.69, 9.17) is 4.74 Å². The van der Waals surface area contributed by atoms with Crippen LogP contribution in [0.2, 0.25) is 0 Å². The van der Waals surface area contributed by atoms with Crippen molar-refractivity contribution in [2.45, 2.75) is 26.2 Å². The molecule has 28 heavy (non-hydrogen) atoms. The van der Waals surface area contributed by atoms with Crippen LogP contribution < -0.4 is 15.0 Å². The average molecular weight is 384 g/mol. The molecule has 7 heteroatoms. The lowest BCUT2D eigenvalue weighted by Crippen LogP contribution is -2.30. The summed E-state index contributed by atoms with van der Waals surface area (Å²) in [5.41, 5.74) is 0.759. The predicted octanol–water partition coefficient (Wildman–Crippen LogP) is 3.12. The number of hydrogen-bond donors (Lipinski definition) is 1. The minimum absolute atomic E-state index is 0.235. The second-order valence-electron chi connectivity index (χ2n) is 6.68. The second kappa shape index (κ2) is 9.82. The molecule has 6 nitrogen and oxygen atoms in total. The normalized spacial score (nSPS) is 14.3. The number of carbonyl (C=O) groups excluding carboxylic acids is 1. The zero-order valence-electron chi connectivity index (χ0n) is 16.0. The number of halogens is 1. The minimum Gasteiger partial charge on any atom is -0.476 e. The first-order valence-electron chi connectivity index (χ1n) is 9.55. The van der Waals surface area contributed by atoms with Crippen molar-refractivity contribution in [1.82, 2.24) is 15.3 Å². The molecule has 1 amide bonds. The van der Waals surface area contributed by atoms with E-state index in [1.54, 1.807) is 18.2 Å². The van der Waals surface area contributed by atoms with Crippen LogP contribution >= 0.6 is 0 Å². The maximum atomic E-state index is 12.9. The van der Waals surface area contributed by atoms with E-state index in [-0.39, 0.29) is 11.7 Å². The van der Waals surface area contributed by atoms with Crippen LogP contribution in [0.4, 0.5) is 10.2 Å². The topological polar surface area (TPSA) is 67.3 Å². The molecule has 1 aliphatic rings. The molecule has 0 atom stereocenters. The van der Waals surface area contributed by atoms with Gasteiger partial charge in [0.25, 0.3) is 0 Å². The van der Waals surface area contributed by atoms with E-state index in [9.17, 15) is 9.18 Å². The van der Waals surface area contributed by atoms with Gasteiger partial charge in [0.2, 0.25) is 11.8 Å². The molecule has 1 aromatic carbocycles. The fraction of sp³-hybridized carbons (Fsp3) is 0.381. The van der Waals surface area contributed by atoms with E-state index in [1.807, 2.05) is 13.0 Å². The Balaban J connectivity index is 1.45. The summed E-state index contributed by atoms with van der Waals surface area (Å²) < 4.78 is 18.5. The molecule has 0 unspecified atom stereocenters. The summed E-state index contributed by atoms with van der Waals surface area (Å²) in [6.07, 6.45) is 6.66. The number of anilines is 1. The monoisotopic (exact) mass is 384 g/mol. The molecule has 1 saturated heterocycles. The summed E-state index contributed by atoms with van der Waals surface area (Å²) in [4.78, 5) is 22.9. The van der Waals surface area contributed by atoms with Crippen molar-refractivity contribution in [3.63, 3.8) is 0 Å². The van der Waals surface area contributed by atoms with Gasteiger partial charge in [-0.1, -0.05) is 12.1 Å². The van der Waals surface area contributed by atoms with E-state index in [0.29, 0.717) is 24.9 Å². The van der Waals surface area contributed by atoms with E-state index in [1.165, 1.54) is 37.5 Å². The molecule has 1 aliphatic heterocycles. The van der Waals surface area contributed by atoms with Gasteiger partial charge in [0.15, 0.2) is 0 Å². The first kappa shape index (κ1) is 19.8. The lowest BCUT2D eigenvalue weighted by molar-refractivity contribution is -0.116. The number of nitrogens with one attached hydrogen (secondary N) is 1. The molecule has 0 saturated carbocycles. The van der Waals surface area contributed by atoms with E-state index in [2.05, 4.69) is 20.2 Å². The smallest absolute Gasteiger partial charge is 0.244 e. The molecule has 1 fully saturated rings. The summed E-state index contributed by atoms with van der Waals surface area (Å²) in [7, 11) is 0. The number of nitrogens with zero attached hydrogens (tertiary/aromatic N) is 3. The summed E-state index contributed by atoms with van der Waals surface area (Å²) >= 11 is 0. The van der Waals surface area contributed by atoms with Crippen molar-refractivity contribution in [2.75, 3.05) is 31.1 Å². The van der Waals surface area contributed by atoms with Gasteiger partial charge in [0.05, 0.1) is 6.54 Å². The molecule has 1 N–H and O–H groups in total. The van der Waals surface area contributed by atoms with Crippen molar-refractivity contribution in [1.29, 1.82) is 0 Å². The van der Waals surface area contributed by atoms with E-state index in [0.717, 1.165) is 24.5 Å². The minimum atomic E-state index is -0.304. The van der Waals surface area contributed by atoms with Crippen molar-refractivity contribution in [3.05, 3.63) is 53.6 Å². The Morgan fingerprint density at radius 3 is 2.71 bits per heavy atom. The quantitative estimate of drug-likeness (QED) is 0.587.